The Labute approximate surface area is 188 Å². The molecule has 0 aliphatic carbocycles. The first-order valence-electron chi connectivity index (χ1n) is 11.0. The smallest absolute Gasteiger partial charge is 0.253 e. The molecular weight excluding hydrogens is 422 g/mol. The zero-order valence-electron chi connectivity index (χ0n) is 17.7. The van der Waals surface area contributed by atoms with Crippen molar-refractivity contribution in [2.24, 2.45) is 0 Å². The summed E-state index contributed by atoms with van der Waals surface area (Å²) in [5.74, 6) is 0.812. The van der Waals surface area contributed by atoms with Gasteiger partial charge in [-0.2, -0.15) is 0 Å². The fourth-order valence-corrected chi connectivity index (χ4v) is 6.26. The second kappa shape index (κ2) is 8.43. The quantitative estimate of drug-likeness (QED) is 0.596. The summed E-state index contributed by atoms with van der Waals surface area (Å²) in [6, 6.07) is 22.6. The molecule has 5 rings (SSSR count). The molecule has 2 aliphatic rings. The molecule has 3 aromatic carbocycles. The van der Waals surface area contributed by atoms with Gasteiger partial charge in [-0.15, -0.1) is 0 Å². The first-order chi connectivity index (χ1) is 15.5. The maximum absolute atomic E-state index is 13.2. The molecule has 0 spiro atoms. The van der Waals surface area contributed by atoms with E-state index in [1.54, 1.807) is 23.1 Å². The van der Waals surface area contributed by atoms with Crippen molar-refractivity contribution in [1.82, 2.24) is 4.90 Å². The molecule has 3 aromatic rings. The van der Waals surface area contributed by atoms with Crippen molar-refractivity contribution in [3.8, 4) is 16.9 Å². The predicted molar refractivity (Wildman–Crippen MR) is 124 cm³/mol. The fraction of sp³-hybridized carbons (Fsp3) is 0.269. The van der Waals surface area contributed by atoms with Gasteiger partial charge in [0, 0.05) is 25.1 Å². The summed E-state index contributed by atoms with van der Waals surface area (Å²) in [6.07, 6.45) is 1.71. The summed E-state index contributed by atoms with van der Waals surface area (Å²) < 4.78 is 31.9. The molecule has 0 bridgehead atoms. The Morgan fingerprint density at radius 3 is 2.28 bits per heavy atom. The Morgan fingerprint density at radius 2 is 1.56 bits per heavy atom. The number of sulfone groups is 1. The lowest BCUT2D eigenvalue weighted by Gasteiger charge is -2.32. The van der Waals surface area contributed by atoms with E-state index >= 15 is 0 Å². The maximum Gasteiger partial charge on any atom is 0.253 e. The molecule has 1 fully saturated rings. The molecule has 32 heavy (non-hydrogen) atoms. The van der Waals surface area contributed by atoms with Crippen molar-refractivity contribution in [1.29, 1.82) is 0 Å². The highest BCUT2D eigenvalue weighted by Crippen LogP contribution is 2.29. The fourth-order valence-electron chi connectivity index (χ4n) is 4.53. The molecule has 2 heterocycles. The number of hydrogen-bond donors (Lipinski definition) is 0. The van der Waals surface area contributed by atoms with Gasteiger partial charge >= 0.3 is 0 Å². The van der Waals surface area contributed by atoms with Crippen LogP contribution in [0.3, 0.4) is 0 Å². The van der Waals surface area contributed by atoms with E-state index in [4.69, 9.17) is 4.74 Å². The van der Waals surface area contributed by atoms with E-state index in [0.717, 1.165) is 28.9 Å². The number of amides is 1. The number of benzene rings is 3. The number of likely N-dealkylation sites (tertiary alicyclic amines) is 1. The molecule has 164 valence electrons. The predicted octanol–water partition coefficient (Wildman–Crippen LogP) is 4.37. The van der Waals surface area contributed by atoms with Crippen LogP contribution < -0.4 is 4.74 Å². The van der Waals surface area contributed by atoms with E-state index in [2.05, 4.69) is 0 Å². The van der Waals surface area contributed by atoms with E-state index in [9.17, 15) is 13.2 Å². The number of carbonyl (C=O) groups is 1. The zero-order valence-corrected chi connectivity index (χ0v) is 18.6. The van der Waals surface area contributed by atoms with Gasteiger partial charge in [0.25, 0.3) is 5.91 Å². The van der Waals surface area contributed by atoms with Crippen LogP contribution in [0.15, 0.2) is 77.7 Å². The summed E-state index contributed by atoms with van der Waals surface area (Å²) in [6.45, 7) is 1.54. The van der Waals surface area contributed by atoms with E-state index in [0.29, 0.717) is 43.0 Å². The minimum Gasteiger partial charge on any atom is -0.493 e. The third-order valence-electron chi connectivity index (χ3n) is 6.39. The number of carbonyl (C=O) groups excluding carboxylic acids is 1. The van der Waals surface area contributed by atoms with Crippen molar-refractivity contribution in [3.63, 3.8) is 0 Å². The molecule has 0 N–H and O–H groups in total. The molecule has 0 aromatic heterocycles. The number of fused-ring (bicyclic) bond motifs is 1. The number of rotatable bonds is 4. The molecule has 1 saturated heterocycles. The van der Waals surface area contributed by atoms with Gasteiger partial charge in [0.15, 0.2) is 9.84 Å². The van der Waals surface area contributed by atoms with Crippen LogP contribution in [0.5, 0.6) is 5.75 Å². The first-order valence-corrected chi connectivity index (χ1v) is 12.5. The lowest BCUT2D eigenvalue weighted by atomic mass is 10.1. The number of piperidine rings is 1. The second-order valence-corrected chi connectivity index (χ2v) is 10.6. The van der Waals surface area contributed by atoms with E-state index < -0.39 is 15.1 Å². The maximum atomic E-state index is 13.2. The Balaban J connectivity index is 1.25. The lowest BCUT2D eigenvalue weighted by molar-refractivity contribution is 0.0725. The van der Waals surface area contributed by atoms with Crippen LogP contribution in [0.1, 0.15) is 28.8 Å². The van der Waals surface area contributed by atoms with Crippen LogP contribution in [-0.4, -0.2) is 44.2 Å². The molecule has 0 saturated carbocycles. The number of hydrogen-bond acceptors (Lipinski definition) is 4. The SMILES string of the molecule is O=C(c1ccc2c(c1)CCO2)N1CCC(S(=O)(=O)c2ccc(-c3ccccc3)cc2)CC1. The van der Waals surface area contributed by atoms with Gasteiger partial charge in [-0.25, -0.2) is 8.42 Å². The van der Waals surface area contributed by atoms with Crippen LogP contribution in [0.25, 0.3) is 11.1 Å². The van der Waals surface area contributed by atoms with Crippen molar-refractivity contribution in [3.05, 3.63) is 83.9 Å². The summed E-state index contributed by atoms with van der Waals surface area (Å²) in [7, 11) is -3.44. The average Bonchev–Trinajstić information content (AvgIpc) is 3.32. The van der Waals surface area contributed by atoms with Gasteiger partial charge in [0.05, 0.1) is 16.8 Å². The summed E-state index contributed by atoms with van der Waals surface area (Å²) in [5.41, 5.74) is 3.76. The minimum absolute atomic E-state index is 0.0391. The summed E-state index contributed by atoms with van der Waals surface area (Å²) in [5, 5.41) is -0.470. The molecular formula is C26H25NO4S. The van der Waals surface area contributed by atoms with Crippen LogP contribution in [0.4, 0.5) is 0 Å². The van der Waals surface area contributed by atoms with Gasteiger partial charge < -0.3 is 9.64 Å². The molecule has 0 atom stereocenters. The Hall–Kier alpha value is -3.12. The van der Waals surface area contributed by atoms with Crippen molar-refractivity contribution in [2.75, 3.05) is 19.7 Å². The van der Waals surface area contributed by atoms with E-state index in [1.807, 2.05) is 54.6 Å². The van der Waals surface area contributed by atoms with Crippen molar-refractivity contribution in [2.45, 2.75) is 29.4 Å². The van der Waals surface area contributed by atoms with Gasteiger partial charge in [-0.1, -0.05) is 42.5 Å². The van der Waals surface area contributed by atoms with Crippen LogP contribution in [-0.2, 0) is 16.3 Å². The number of ether oxygens (including phenoxy) is 1. The van der Waals surface area contributed by atoms with Gasteiger partial charge in [-0.3, -0.25) is 4.79 Å². The van der Waals surface area contributed by atoms with Gasteiger partial charge in [-0.05, 0) is 59.9 Å². The lowest BCUT2D eigenvalue weighted by Crippen LogP contribution is -2.42. The highest BCUT2D eigenvalue weighted by Gasteiger charge is 2.33. The third kappa shape index (κ3) is 3.91. The van der Waals surface area contributed by atoms with Crippen LogP contribution in [0.2, 0.25) is 0 Å². The molecule has 0 unspecified atom stereocenters. The van der Waals surface area contributed by atoms with Crippen molar-refractivity contribution >= 4 is 15.7 Å². The number of nitrogens with zero attached hydrogens (tertiary/aromatic N) is 1. The third-order valence-corrected chi connectivity index (χ3v) is 8.67. The van der Waals surface area contributed by atoms with Crippen molar-refractivity contribution < 1.29 is 17.9 Å². The van der Waals surface area contributed by atoms with Crippen LogP contribution >= 0.6 is 0 Å². The summed E-state index contributed by atoms with van der Waals surface area (Å²) >= 11 is 0. The highest BCUT2D eigenvalue weighted by molar-refractivity contribution is 7.92. The molecule has 6 heteroatoms. The molecule has 1 amide bonds. The monoisotopic (exact) mass is 447 g/mol. The highest BCUT2D eigenvalue weighted by atomic mass is 32.2. The Kier molecular flexibility index (Phi) is 5.47. The van der Waals surface area contributed by atoms with Crippen LogP contribution in [0, 0.1) is 0 Å². The normalized spacial score (nSPS) is 16.4. The van der Waals surface area contributed by atoms with Gasteiger partial charge in [0.1, 0.15) is 5.75 Å². The first kappa shape index (κ1) is 20.8. The molecule has 2 aliphatic heterocycles. The second-order valence-electron chi connectivity index (χ2n) is 8.35. The molecule has 5 nitrogen and oxygen atoms in total. The topological polar surface area (TPSA) is 63.7 Å². The van der Waals surface area contributed by atoms with E-state index in [-0.39, 0.29) is 5.91 Å². The minimum atomic E-state index is -3.44. The zero-order chi connectivity index (χ0) is 22.1. The van der Waals surface area contributed by atoms with Gasteiger partial charge in [0.2, 0.25) is 0 Å². The Morgan fingerprint density at radius 1 is 0.875 bits per heavy atom. The van der Waals surface area contributed by atoms with E-state index in [1.165, 1.54) is 0 Å². The standard InChI is InChI=1S/C26H25NO4S/c28-26(22-8-11-25-21(18-22)14-17-31-25)27-15-12-24(13-16-27)32(29,30)23-9-6-20(7-10-23)19-4-2-1-3-5-19/h1-11,18,24H,12-17H2. The average molecular weight is 448 g/mol. The summed E-state index contributed by atoms with van der Waals surface area (Å²) in [4.78, 5) is 15.0. The molecule has 0 radical (unpaired) electrons. The Bertz CT molecular complexity index is 1230. The largest absolute Gasteiger partial charge is 0.493 e.